The molecule has 0 aliphatic carbocycles. The summed E-state index contributed by atoms with van der Waals surface area (Å²) in [5.41, 5.74) is 0.610. The number of carbonyl (C=O) groups excluding carboxylic acids is 1. The minimum absolute atomic E-state index is 0.132. The Bertz CT molecular complexity index is 388. The summed E-state index contributed by atoms with van der Waals surface area (Å²) >= 11 is 0. The van der Waals surface area contributed by atoms with E-state index in [2.05, 4.69) is 17.0 Å². The van der Waals surface area contributed by atoms with Crippen molar-refractivity contribution in [3.8, 4) is 0 Å². The van der Waals surface area contributed by atoms with Crippen molar-refractivity contribution in [1.29, 1.82) is 0 Å². The van der Waals surface area contributed by atoms with E-state index in [4.69, 9.17) is 9.52 Å². The highest BCUT2D eigenvalue weighted by atomic mass is 16.5. The first-order valence-electron chi connectivity index (χ1n) is 6.07. The molecule has 5 heteroatoms. The van der Waals surface area contributed by atoms with Crippen molar-refractivity contribution in [2.45, 2.75) is 38.8 Å². The fourth-order valence-electron chi connectivity index (χ4n) is 1.69. The van der Waals surface area contributed by atoms with Crippen LogP contribution in [0.5, 0.6) is 0 Å². The molecular formula is C13H21NO4. The smallest absolute Gasteiger partial charge is 0.374 e. The topological polar surface area (TPSA) is 71.7 Å². The van der Waals surface area contributed by atoms with Gasteiger partial charge in [0.15, 0.2) is 0 Å². The minimum atomic E-state index is -0.475. The van der Waals surface area contributed by atoms with Gasteiger partial charge in [-0.05, 0) is 25.8 Å². The van der Waals surface area contributed by atoms with E-state index in [1.54, 1.807) is 6.07 Å². The van der Waals surface area contributed by atoms with Crippen molar-refractivity contribution in [3.05, 3.63) is 23.7 Å². The van der Waals surface area contributed by atoms with E-state index in [1.165, 1.54) is 13.4 Å². The molecule has 0 amide bonds. The van der Waals surface area contributed by atoms with E-state index in [0.29, 0.717) is 13.0 Å². The number of aliphatic hydroxyl groups excluding tert-OH is 1. The highest BCUT2D eigenvalue weighted by Gasteiger charge is 2.22. The lowest BCUT2D eigenvalue weighted by Crippen LogP contribution is -2.42. The Hall–Kier alpha value is -1.33. The van der Waals surface area contributed by atoms with E-state index in [1.807, 2.05) is 6.92 Å². The van der Waals surface area contributed by atoms with Gasteiger partial charge in [-0.25, -0.2) is 4.79 Å². The van der Waals surface area contributed by atoms with Crippen LogP contribution < -0.4 is 5.32 Å². The SMILES string of the molecule is CCC(C)(CCO)NCc1ccoc1C(=O)OC. The number of hydrogen-bond donors (Lipinski definition) is 2. The van der Waals surface area contributed by atoms with Crippen LogP contribution in [0.3, 0.4) is 0 Å². The standard InChI is InChI=1S/C13H21NO4/c1-4-13(2,6-7-15)14-9-10-5-8-18-11(10)12(16)17-3/h5,8,14-15H,4,6-7,9H2,1-3H3. The first-order valence-corrected chi connectivity index (χ1v) is 6.07. The van der Waals surface area contributed by atoms with Gasteiger partial charge < -0.3 is 19.6 Å². The fourth-order valence-corrected chi connectivity index (χ4v) is 1.69. The molecule has 0 saturated heterocycles. The van der Waals surface area contributed by atoms with Crippen LogP contribution in [0.25, 0.3) is 0 Å². The van der Waals surface area contributed by atoms with Gasteiger partial charge in [0.1, 0.15) is 0 Å². The Kier molecular flexibility index (Phi) is 5.37. The Morgan fingerprint density at radius 2 is 2.33 bits per heavy atom. The molecule has 0 radical (unpaired) electrons. The maximum Gasteiger partial charge on any atom is 0.374 e. The van der Waals surface area contributed by atoms with E-state index < -0.39 is 5.97 Å². The Labute approximate surface area is 107 Å². The van der Waals surface area contributed by atoms with Crippen molar-refractivity contribution in [1.82, 2.24) is 5.32 Å². The Morgan fingerprint density at radius 1 is 1.61 bits per heavy atom. The van der Waals surface area contributed by atoms with Crippen LogP contribution in [0.15, 0.2) is 16.7 Å². The van der Waals surface area contributed by atoms with Crippen LogP contribution in [0, 0.1) is 0 Å². The molecule has 0 aliphatic heterocycles. The third-order valence-electron chi connectivity index (χ3n) is 3.27. The summed E-state index contributed by atoms with van der Waals surface area (Å²) in [6, 6.07) is 1.74. The summed E-state index contributed by atoms with van der Waals surface area (Å²) in [6.45, 7) is 4.73. The quantitative estimate of drug-likeness (QED) is 0.726. The third-order valence-corrected chi connectivity index (χ3v) is 3.27. The average Bonchev–Trinajstić information content (AvgIpc) is 2.84. The highest BCUT2D eigenvalue weighted by Crippen LogP contribution is 2.17. The van der Waals surface area contributed by atoms with Crippen molar-refractivity contribution >= 4 is 5.97 Å². The molecule has 0 fully saturated rings. The second-order valence-electron chi connectivity index (χ2n) is 4.51. The summed E-state index contributed by atoms with van der Waals surface area (Å²) in [6.07, 6.45) is 3.02. The maximum absolute atomic E-state index is 11.4. The molecule has 1 rings (SSSR count). The van der Waals surface area contributed by atoms with Gasteiger partial charge in [-0.15, -0.1) is 0 Å². The molecule has 1 heterocycles. The van der Waals surface area contributed by atoms with Crippen LogP contribution in [0.4, 0.5) is 0 Å². The molecule has 0 aliphatic rings. The van der Waals surface area contributed by atoms with Crippen molar-refractivity contribution in [3.63, 3.8) is 0 Å². The number of nitrogens with one attached hydrogen (secondary N) is 1. The van der Waals surface area contributed by atoms with Gasteiger partial charge in [-0.2, -0.15) is 0 Å². The van der Waals surface area contributed by atoms with Crippen molar-refractivity contribution in [2.24, 2.45) is 0 Å². The Balaban J connectivity index is 2.68. The minimum Gasteiger partial charge on any atom is -0.463 e. The third kappa shape index (κ3) is 3.58. The van der Waals surface area contributed by atoms with Gasteiger partial charge in [0, 0.05) is 24.3 Å². The van der Waals surface area contributed by atoms with Gasteiger partial charge in [0.05, 0.1) is 13.4 Å². The van der Waals surface area contributed by atoms with E-state index in [9.17, 15) is 4.79 Å². The summed E-state index contributed by atoms with van der Waals surface area (Å²) < 4.78 is 9.75. The number of furan rings is 1. The molecule has 2 N–H and O–H groups in total. The fraction of sp³-hybridized carbons (Fsp3) is 0.615. The number of aliphatic hydroxyl groups is 1. The van der Waals surface area contributed by atoms with E-state index >= 15 is 0 Å². The molecule has 0 spiro atoms. The summed E-state index contributed by atoms with van der Waals surface area (Å²) in [5.74, 6) is -0.246. The van der Waals surface area contributed by atoms with Crippen molar-refractivity contribution in [2.75, 3.05) is 13.7 Å². The predicted molar refractivity (Wildman–Crippen MR) is 67.3 cm³/mol. The van der Waals surface area contributed by atoms with Crippen LogP contribution in [0.1, 0.15) is 42.8 Å². The number of rotatable bonds is 7. The zero-order chi connectivity index (χ0) is 13.6. The zero-order valence-electron chi connectivity index (χ0n) is 11.2. The van der Waals surface area contributed by atoms with Gasteiger partial charge >= 0.3 is 5.97 Å². The highest BCUT2D eigenvalue weighted by molar-refractivity contribution is 5.87. The lowest BCUT2D eigenvalue weighted by molar-refractivity contribution is 0.0562. The first-order chi connectivity index (χ1) is 8.56. The molecule has 5 nitrogen and oxygen atoms in total. The number of ether oxygens (including phenoxy) is 1. The molecule has 102 valence electrons. The summed E-state index contributed by atoms with van der Waals surface area (Å²) in [4.78, 5) is 11.4. The maximum atomic E-state index is 11.4. The Morgan fingerprint density at radius 3 is 2.89 bits per heavy atom. The molecule has 1 aromatic rings. The molecule has 0 saturated carbocycles. The first kappa shape index (κ1) is 14.7. The molecule has 1 atom stereocenters. The number of methoxy groups -OCH3 is 1. The number of carbonyl (C=O) groups is 1. The molecule has 18 heavy (non-hydrogen) atoms. The molecular weight excluding hydrogens is 234 g/mol. The normalized spacial score (nSPS) is 14.2. The summed E-state index contributed by atoms with van der Waals surface area (Å²) in [5, 5.41) is 12.4. The second kappa shape index (κ2) is 6.56. The predicted octanol–water partition coefficient (Wildman–Crippen LogP) is 1.71. The van der Waals surface area contributed by atoms with Gasteiger partial charge in [0.2, 0.25) is 5.76 Å². The molecule has 1 aromatic heterocycles. The van der Waals surface area contributed by atoms with Crippen LogP contribution >= 0.6 is 0 Å². The summed E-state index contributed by atoms with van der Waals surface area (Å²) in [7, 11) is 1.32. The lowest BCUT2D eigenvalue weighted by Gasteiger charge is -2.29. The van der Waals surface area contributed by atoms with E-state index in [0.717, 1.165) is 12.0 Å². The lowest BCUT2D eigenvalue weighted by atomic mass is 9.94. The molecule has 0 bridgehead atoms. The average molecular weight is 255 g/mol. The zero-order valence-corrected chi connectivity index (χ0v) is 11.2. The van der Waals surface area contributed by atoms with Gasteiger partial charge in [-0.3, -0.25) is 0 Å². The second-order valence-corrected chi connectivity index (χ2v) is 4.51. The molecule has 1 unspecified atom stereocenters. The van der Waals surface area contributed by atoms with Crippen LogP contribution in [-0.2, 0) is 11.3 Å². The van der Waals surface area contributed by atoms with E-state index in [-0.39, 0.29) is 17.9 Å². The largest absolute Gasteiger partial charge is 0.463 e. The monoisotopic (exact) mass is 255 g/mol. The number of hydrogen-bond acceptors (Lipinski definition) is 5. The van der Waals surface area contributed by atoms with Crippen LogP contribution in [-0.4, -0.2) is 30.3 Å². The van der Waals surface area contributed by atoms with Gasteiger partial charge in [-0.1, -0.05) is 6.92 Å². The van der Waals surface area contributed by atoms with Crippen molar-refractivity contribution < 1.29 is 19.1 Å². The molecule has 0 aromatic carbocycles. The van der Waals surface area contributed by atoms with Gasteiger partial charge in [0.25, 0.3) is 0 Å². The number of esters is 1. The van der Waals surface area contributed by atoms with Crippen LogP contribution in [0.2, 0.25) is 0 Å².